The average Bonchev–Trinajstić information content (AvgIpc) is 2.05. The second-order valence-electron chi connectivity index (χ2n) is 3.69. The van der Waals surface area contributed by atoms with Crippen molar-refractivity contribution in [2.75, 3.05) is 33.9 Å². The third-order valence-corrected chi connectivity index (χ3v) is 2.01. The Bertz CT molecular complexity index is 129. The Morgan fingerprint density at radius 1 is 1.38 bits per heavy atom. The summed E-state index contributed by atoms with van der Waals surface area (Å²) < 4.78 is 5.26. The summed E-state index contributed by atoms with van der Waals surface area (Å²) in [6.45, 7) is 6.12. The Balaban J connectivity index is 3.44. The van der Waals surface area contributed by atoms with Gasteiger partial charge < -0.3 is 10.5 Å². The lowest BCUT2D eigenvalue weighted by Gasteiger charge is -2.24. The second kappa shape index (κ2) is 6.32. The fourth-order valence-electron chi connectivity index (χ4n) is 0.796. The zero-order valence-corrected chi connectivity index (χ0v) is 9.17. The minimum atomic E-state index is -0.108. The third-order valence-electron chi connectivity index (χ3n) is 2.01. The Morgan fingerprint density at radius 2 is 2.00 bits per heavy atom. The Morgan fingerprint density at radius 3 is 2.46 bits per heavy atom. The lowest BCUT2D eigenvalue weighted by atomic mass is 10.1. The number of ether oxygens (including phenoxy) is 1. The van der Waals surface area contributed by atoms with Crippen molar-refractivity contribution in [1.29, 1.82) is 0 Å². The number of methoxy groups -OCH3 is 1. The highest BCUT2D eigenvalue weighted by Crippen LogP contribution is 2.12. The number of hydroxylamine groups is 2. The first-order valence-corrected chi connectivity index (χ1v) is 4.61. The van der Waals surface area contributed by atoms with E-state index in [-0.39, 0.29) is 5.60 Å². The smallest absolute Gasteiger partial charge is 0.0712 e. The molecule has 2 N–H and O–H groups in total. The summed E-state index contributed by atoms with van der Waals surface area (Å²) in [4.78, 5) is 5.39. The van der Waals surface area contributed by atoms with E-state index in [1.165, 1.54) is 0 Å². The van der Waals surface area contributed by atoms with Gasteiger partial charge in [0.25, 0.3) is 0 Å². The molecule has 0 aromatic carbocycles. The van der Waals surface area contributed by atoms with Crippen LogP contribution < -0.4 is 5.73 Å². The molecule has 0 saturated carbocycles. The molecule has 0 radical (unpaired) electrons. The van der Waals surface area contributed by atoms with Crippen molar-refractivity contribution in [3.63, 3.8) is 0 Å². The molecule has 4 heteroatoms. The van der Waals surface area contributed by atoms with Gasteiger partial charge in [-0.3, -0.25) is 4.84 Å². The summed E-state index contributed by atoms with van der Waals surface area (Å²) >= 11 is 0. The summed E-state index contributed by atoms with van der Waals surface area (Å²) in [6.07, 6.45) is 0.873. The van der Waals surface area contributed by atoms with E-state index in [0.717, 1.165) is 13.0 Å². The zero-order chi connectivity index (χ0) is 10.3. The van der Waals surface area contributed by atoms with Crippen molar-refractivity contribution in [2.24, 2.45) is 5.73 Å². The maximum absolute atomic E-state index is 5.39. The van der Waals surface area contributed by atoms with Gasteiger partial charge in [0.2, 0.25) is 0 Å². The lowest BCUT2D eigenvalue weighted by molar-refractivity contribution is -0.150. The Labute approximate surface area is 80.9 Å². The van der Waals surface area contributed by atoms with Crippen LogP contribution in [0.25, 0.3) is 0 Å². The average molecular weight is 190 g/mol. The van der Waals surface area contributed by atoms with Crippen LogP contribution in [0.4, 0.5) is 0 Å². The van der Waals surface area contributed by atoms with Gasteiger partial charge in [-0.05, 0) is 13.8 Å². The van der Waals surface area contributed by atoms with Gasteiger partial charge in [-0.1, -0.05) is 0 Å². The van der Waals surface area contributed by atoms with Crippen LogP contribution in [0.5, 0.6) is 0 Å². The van der Waals surface area contributed by atoms with Crippen LogP contribution in [0, 0.1) is 0 Å². The fourth-order valence-corrected chi connectivity index (χ4v) is 0.796. The number of hydrogen-bond acceptors (Lipinski definition) is 4. The van der Waals surface area contributed by atoms with Crippen LogP contribution in [0.15, 0.2) is 0 Å². The van der Waals surface area contributed by atoms with Crippen LogP contribution in [0.2, 0.25) is 0 Å². The molecule has 4 nitrogen and oxygen atoms in total. The minimum absolute atomic E-state index is 0.108. The monoisotopic (exact) mass is 190 g/mol. The summed E-state index contributed by atoms with van der Waals surface area (Å²) in [5, 5.41) is 1.76. The highest BCUT2D eigenvalue weighted by Gasteiger charge is 2.15. The van der Waals surface area contributed by atoms with Gasteiger partial charge in [-0.25, -0.2) is 0 Å². The van der Waals surface area contributed by atoms with Gasteiger partial charge in [0.15, 0.2) is 0 Å². The highest BCUT2D eigenvalue weighted by atomic mass is 16.7. The van der Waals surface area contributed by atoms with Gasteiger partial charge in [0, 0.05) is 33.7 Å². The molecule has 0 atom stereocenters. The van der Waals surface area contributed by atoms with Gasteiger partial charge in [0.05, 0.1) is 12.2 Å². The molecule has 0 spiro atoms. The number of rotatable bonds is 7. The van der Waals surface area contributed by atoms with E-state index in [2.05, 4.69) is 0 Å². The molecular formula is C9H22N2O2. The first-order valence-electron chi connectivity index (χ1n) is 4.61. The van der Waals surface area contributed by atoms with Crippen molar-refractivity contribution in [3.05, 3.63) is 0 Å². The molecule has 0 amide bonds. The van der Waals surface area contributed by atoms with Crippen LogP contribution in [0.1, 0.15) is 20.3 Å². The zero-order valence-electron chi connectivity index (χ0n) is 9.17. The molecule has 0 saturated heterocycles. The molecule has 0 heterocycles. The number of nitrogens with two attached hydrogens (primary N) is 1. The quantitative estimate of drug-likeness (QED) is 0.598. The predicted molar refractivity (Wildman–Crippen MR) is 53.3 cm³/mol. The second-order valence-corrected chi connectivity index (χ2v) is 3.69. The van der Waals surface area contributed by atoms with Crippen molar-refractivity contribution >= 4 is 0 Å². The highest BCUT2D eigenvalue weighted by molar-refractivity contribution is 4.66. The van der Waals surface area contributed by atoms with E-state index < -0.39 is 0 Å². The molecule has 0 aliphatic rings. The van der Waals surface area contributed by atoms with Crippen molar-refractivity contribution in [2.45, 2.75) is 25.9 Å². The van der Waals surface area contributed by atoms with Crippen LogP contribution >= 0.6 is 0 Å². The maximum Gasteiger partial charge on any atom is 0.0712 e. The number of nitrogens with zero attached hydrogens (tertiary/aromatic N) is 1. The van der Waals surface area contributed by atoms with Gasteiger partial charge in [-0.2, -0.15) is 5.06 Å². The molecule has 80 valence electrons. The van der Waals surface area contributed by atoms with Crippen LogP contribution in [-0.2, 0) is 9.57 Å². The lowest BCUT2D eigenvalue weighted by Crippen LogP contribution is -2.30. The normalized spacial score (nSPS) is 12.5. The van der Waals surface area contributed by atoms with E-state index in [0.29, 0.717) is 13.2 Å². The predicted octanol–water partition coefficient (Wildman–Crippen LogP) is 0.624. The first-order chi connectivity index (χ1) is 6.02. The molecule has 13 heavy (non-hydrogen) atoms. The van der Waals surface area contributed by atoms with E-state index in [1.54, 1.807) is 12.2 Å². The Kier molecular flexibility index (Phi) is 6.24. The van der Waals surface area contributed by atoms with E-state index in [1.807, 2.05) is 20.9 Å². The molecule has 0 bridgehead atoms. The molecule has 0 aromatic heterocycles. The fraction of sp³-hybridized carbons (Fsp3) is 1.00. The van der Waals surface area contributed by atoms with Gasteiger partial charge in [-0.15, -0.1) is 0 Å². The standard InChI is InChI=1S/C9H22N2O2/c1-9(2,12-4)5-8-13-11(3)7-6-10/h5-8,10H2,1-4H3. The Hall–Kier alpha value is -0.160. The number of likely N-dealkylation sites (N-methyl/N-ethyl adjacent to an activating group) is 1. The SMILES string of the molecule is COC(C)(C)CCON(C)CCN. The van der Waals surface area contributed by atoms with Crippen LogP contribution in [-0.4, -0.2) is 44.5 Å². The summed E-state index contributed by atoms with van der Waals surface area (Å²) in [7, 11) is 3.59. The van der Waals surface area contributed by atoms with Crippen molar-refractivity contribution in [3.8, 4) is 0 Å². The summed E-state index contributed by atoms with van der Waals surface area (Å²) in [6, 6.07) is 0. The molecule has 0 rings (SSSR count). The molecule has 0 fully saturated rings. The third kappa shape index (κ3) is 6.95. The largest absolute Gasteiger partial charge is 0.379 e. The van der Waals surface area contributed by atoms with Gasteiger partial charge >= 0.3 is 0 Å². The van der Waals surface area contributed by atoms with Crippen molar-refractivity contribution in [1.82, 2.24) is 5.06 Å². The summed E-state index contributed by atoms with van der Waals surface area (Å²) in [5.74, 6) is 0. The van der Waals surface area contributed by atoms with E-state index in [9.17, 15) is 0 Å². The molecule has 0 aliphatic heterocycles. The molecule has 0 unspecified atom stereocenters. The molecular weight excluding hydrogens is 168 g/mol. The van der Waals surface area contributed by atoms with Crippen LogP contribution in [0.3, 0.4) is 0 Å². The molecule has 0 aliphatic carbocycles. The van der Waals surface area contributed by atoms with E-state index >= 15 is 0 Å². The maximum atomic E-state index is 5.39. The summed E-state index contributed by atoms with van der Waals surface area (Å²) in [5.41, 5.74) is 5.26. The topological polar surface area (TPSA) is 47.7 Å². The van der Waals surface area contributed by atoms with E-state index in [4.69, 9.17) is 15.3 Å². The first kappa shape index (κ1) is 12.8. The molecule has 0 aromatic rings. The van der Waals surface area contributed by atoms with Crippen molar-refractivity contribution < 1.29 is 9.57 Å². The van der Waals surface area contributed by atoms with Gasteiger partial charge in [0.1, 0.15) is 0 Å². The number of hydrogen-bond donors (Lipinski definition) is 1. The minimum Gasteiger partial charge on any atom is -0.379 e.